The molecule has 3 rings (SSSR count). The van der Waals surface area contributed by atoms with Gasteiger partial charge in [-0.3, -0.25) is 9.59 Å². The van der Waals surface area contributed by atoms with Crippen molar-refractivity contribution in [1.82, 2.24) is 0 Å². The Hall–Kier alpha value is -2.63. The first-order valence-electron chi connectivity index (χ1n) is 7.60. The van der Waals surface area contributed by atoms with E-state index in [0.717, 1.165) is 5.56 Å². The van der Waals surface area contributed by atoms with Crippen molar-refractivity contribution in [1.29, 1.82) is 0 Å². The highest BCUT2D eigenvalue weighted by Crippen LogP contribution is 2.26. The van der Waals surface area contributed by atoms with Crippen LogP contribution in [0, 0.1) is 0 Å². The molecule has 0 aliphatic heterocycles. The molecule has 0 bridgehead atoms. The average Bonchev–Trinajstić information content (AvgIpc) is 3.13. The lowest BCUT2D eigenvalue weighted by atomic mass is 10.1. The minimum Gasteiger partial charge on any atom is -0.326 e. The molecule has 0 radical (unpaired) electrons. The first-order chi connectivity index (χ1) is 12.1. The van der Waals surface area contributed by atoms with Crippen LogP contribution in [0.25, 0.3) is 0 Å². The second kappa shape index (κ2) is 7.96. The van der Waals surface area contributed by atoms with Gasteiger partial charge in [0.25, 0.3) is 5.91 Å². The number of hydrogen-bond donors (Lipinski definition) is 2. The van der Waals surface area contributed by atoms with Crippen molar-refractivity contribution in [2.75, 3.05) is 10.6 Å². The zero-order chi connectivity index (χ0) is 17.6. The number of hydrogen-bond acceptors (Lipinski definition) is 3. The van der Waals surface area contributed by atoms with Gasteiger partial charge in [-0.1, -0.05) is 48.0 Å². The van der Waals surface area contributed by atoms with Gasteiger partial charge < -0.3 is 10.6 Å². The summed E-state index contributed by atoms with van der Waals surface area (Å²) in [4.78, 5) is 24.9. The summed E-state index contributed by atoms with van der Waals surface area (Å²) in [6.45, 7) is 0. The Kier molecular flexibility index (Phi) is 5.48. The molecule has 1 heterocycles. The van der Waals surface area contributed by atoms with E-state index in [1.165, 1.54) is 11.3 Å². The number of anilines is 2. The van der Waals surface area contributed by atoms with Gasteiger partial charge >= 0.3 is 0 Å². The Labute approximate surface area is 154 Å². The molecule has 0 saturated carbocycles. The van der Waals surface area contributed by atoms with E-state index in [0.29, 0.717) is 21.3 Å². The highest BCUT2D eigenvalue weighted by molar-refractivity contribution is 7.12. The van der Waals surface area contributed by atoms with Crippen LogP contribution in [0.3, 0.4) is 0 Å². The molecule has 0 aliphatic rings. The number of benzene rings is 2. The van der Waals surface area contributed by atoms with Crippen molar-refractivity contribution in [3.8, 4) is 0 Å². The van der Waals surface area contributed by atoms with Crippen LogP contribution in [0.4, 0.5) is 11.4 Å². The monoisotopic (exact) mass is 370 g/mol. The van der Waals surface area contributed by atoms with Crippen LogP contribution in [-0.4, -0.2) is 11.8 Å². The maximum Gasteiger partial charge on any atom is 0.265 e. The number of thiophene rings is 1. The number of rotatable bonds is 5. The molecular weight excluding hydrogens is 356 g/mol. The van der Waals surface area contributed by atoms with E-state index in [1.807, 2.05) is 35.7 Å². The molecule has 0 spiro atoms. The molecule has 0 atom stereocenters. The molecule has 2 amide bonds. The van der Waals surface area contributed by atoms with E-state index in [9.17, 15) is 9.59 Å². The van der Waals surface area contributed by atoms with Gasteiger partial charge in [-0.05, 0) is 35.2 Å². The van der Waals surface area contributed by atoms with E-state index in [4.69, 9.17) is 11.6 Å². The molecule has 0 saturated heterocycles. The summed E-state index contributed by atoms with van der Waals surface area (Å²) in [6.07, 6.45) is 0.278. The van der Waals surface area contributed by atoms with Crippen molar-refractivity contribution in [2.45, 2.75) is 6.42 Å². The quantitative estimate of drug-likeness (QED) is 0.675. The van der Waals surface area contributed by atoms with Gasteiger partial charge in [0.15, 0.2) is 0 Å². The fourth-order valence-corrected chi connectivity index (χ4v) is 3.06. The lowest BCUT2D eigenvalue weighted by Gasteiger charge is -2.10. The van der Waals surface area contributed by atoms with Gasteiger partial charge in [0.2, 0.25) is 5.91 Å². The van der Waals surface area contributed by atoms with Crippen molar-refractivity contribution in [2.24, 2.45) is 0 Å². The Morgan fingerprint density at radius 2 is 1.76 bits per heavy atom. The third kappa shape index (κ3) is 4.68. The molecule has 2 aromatic carbocycles. The summed E-state index contributed by atoms with van der Waals surface area (Å²) >= 11 is 7.49. The minimum absolute atomic E-state index is 0.135. The fraction of sp³-hybridized carbons (Fsp3) is 0.0526. The van der Waals surface area contributed by atoms with Crippen LogP contribution < -0.4 is 10.6 Å². The molecule has 25 heavy (non-hydrogen) atoms. The first-order valence-corrected chi connectivity index (χ1v) is 8.86. The van der Waals surface area contributed by atoms with Crippen molar-refractivity contribution < 1.29 is 9.59 Å². The van der Waals surface area contributed by atoms with Crippen LogP contribution in [0.1, 0.15) is 15.2 Å². The molecule has 0 aliphatic carbocycles. The maximum absolute atomic E-state index is 12.2. The predicted octanol–water partition coefficient (Wildman–Crippen LogP) is 4.84. The summed E-state index contributed by atoms with van der Waals surface area (Å²) < 4.78 is 0. The van der Waals surface area contributed by atoms with Crippen LogP contribution >= 0.6 is 22.9 Å². The second-order valence-corrected chi connectivity index (χ2v) is 6.69. The van der Waals surface area contributed by atoms with E-state index in [2.05, 4.69) is 10.6 Å². The zero-order valence-corrected chi connectivity index (χ0v) is 14.7. The molecule has 1 aromatic heterocycles. The van der Waals surface area contributed by atoms with Crippen LogP contribution in [0.15, 0.2) is 66.0 Å². The van der Waals surface area contributed by atoms with Gasteiger partial charge in [0, 0.05) is 5.69 Å². The molecule has 126 valence electrons. The van der Waals surface area contributed by atoms with Crippen LogP contribution in [-0.2, 0) is 11.2 Å². The van der Waals surface area contributed by atoms with E-state index < -0.39 is 0 Å². The van der Waals surface area contributed by atoms with Crippen molar-refractivity contribution in [3.05, 3.63) is 81.5 Å². The normalized spacial score (nSPS) is 10.3. The first kappa shape index (κ1) is 17.2. The smallest absolute Gasteiger partial charge is 0.265 e. The largest absolute Gasteiger partial charge is 0.326 e. The number of halogens is 1. The summed E-state index contributed by atoms with van der Waals surface area (Å²) in [7, 11) is 0. The molecule has 0 unspecified atom stereocenters. The Bertz CT molecular complexity index is 880. The van der Waals surface area contributed by atoms with E-state index in [1.54, 1.807) is 30.3 Å². The van der Waals surface area contributed by atoms with Gasteiger partial charge in [0.05, 0.1) is 22.0 Å². The Morgan fingerprint density at radius 1 is 0.960 bits per heavy atom. The second-order valence-electron chi connectivity index (χ2n) is 5.34. The molecule has 2 N–H and O–H groups in total. The lowest BCUT2D eigenvalue weighted by molar-refractivity contribution is -0.115. The van der Waals surface area contributed by atoms with Gasteiger partial charge in [-0.25, -0.2) is 0 Å². The minimum atomic E-state index is -0.232. The SMILES string of the molecule is O=C(Cc1ccccc1)Nc1ccc(Cl)c(NC(=O)c2cccs2)c1. The topological polar surface area (TPSA) is 58.2 Å². The van der Waals surface area contributed by atoms with Gasteiger partial charge in [-0.15, -0.1) is 11.3 Å². The Morgan fingerprint density at radius 3 is 2.48 bits per heavy atom. The maximum atomic E-state index is 12.2. The Balaban J connectivity index is 1.68. The third-order valence-electron chi connectivity index (χ3n) is 3.45. The third-order valence-corrected chi connectivity index (χ3v) is 4.65. The summed E-state index contributed by atoms with van der Waals surface area (Å²) in [5.41, 5.74) is 1.96. The highest BCUT2D eigenvalue weighted by atomic mass is 35.5. The molecule has 0 fully saturated rings. The number of amides is 2. The summed E-state index contributed by atoms with van der Waals surface area (Å²) in [5.74, 6) is -0.367. The van der Waals surface area contributed by atoms with Crippen LogP contribution in [0.5, 0.6) is 0 Å². The average molecular weight is 371 g/mol. The number of carbonyl (C=O) groups is 2. The van der Waals surface area contributed by atoms with E-state index >= 15 is 0 Å². The fourth-order valence-electron chi connectivity index (χ4n) is 2.28. The molecule has 4 nitrogen and oxygen atoms in total. The summed E-state index contributed by atoms with van der Waals surface area (Å²) in [6, 6.07) is 18.0. The van der Waals surface area contributed by atoms with E-state index in [-0.39, 0.29) is 18.2 Å². The lowest BCUT2D eigenvalue weighted by Crippen LogP contribution is -2.15. The highest BCUT2D eigenvalue weighted by Gasteiger charge is 2.11. The molecule has 6 heteroatoms. The van der Waals surface area contributed by atoms with Crippen LogP contribution in [0.2, 0.25) is 5.02 Å². The standard InChI is InChI=1S/C19H15ClN2O2S/c20-15-9-8-14(21-18(23)11-13-5-2-1-3-6-13)12-16(15)22-19(24)17-7-4-10-25-17/h1-10,12H,11H2,(H,21,23)(H,22,24). The molecular formula is C19H15ClN2O2S. The zero-order valence-electron chi connectivity index (χ0n) is 13.2. The predicted molar refractivity (Wildman–Crippen MR) is 102 cm³/mol. The van der Waals surface area contributed by atoms with Crippen molar-refractivity contribution >= 4 is 46.1 Å². The van der Waals surface area contributed by atoms with Crippen molar-refractivity contribution in [3.63, 3.8) is 0 Å². The van der Waals surface area contributed by atoms with Gasteiger partial charge in [-0.2, -0.15) is 0 Å². The number of carbonyl (C=O) groups excluding carboxylic acids is 2. The number of nitrogens with one attached hydrogen (secondary N) is 2. The molecule has 3 aromatic rings. The summed E-state index contributed by atoms with van der Waals surface area (Å²) in [5, 5.41) is 7.82. The van der Waals surface area contributed by atoms with Gasteiger partial charge in [0.1, 0.15) is 0 Å².